The normalized spacial score (nSPS) is 15.1. The first-order valence-electron chi connectivity index (χ1n) is 5.33. The molecule has 0 bridgehead atoms. The van der Waals surface area contributed by atoms with Gasteiger partial charge >= 0.3 is 0 Å². The van der Waals surface area contributed by atoms with Crippen molar-refractivity contribution in [2.75, 3.05) is 13.2 Å². The highest BCUT2D eigenvalue weighted by atomic mass is 16.4. The number of hydrogen-bond acceptors (Lipinski definition) is 4. The van der Waals surface area contributed by atoms with Gasteiger partial charge in [0.2, 0.25) is 0 Å². The summed E-state index contributed by atoms with van der Waals surface area (Å²) in [5.41, 5.74) is 0. The standard InChI is InChI=1S/C11H19NO3/c1-2-9(5-6-13)12-8-10(14)11-4-3-7-15-11/h3-4,7,9-10,12-14H,2,5-6,8H2,1H3. The van der Waals surface area contributed by atoms with Crippen LogP contribution in [-0.2, 0) is 0 Å². The molecule has 1 aromatic rings. The first-order chi connectivity index (χ1) is 7.27. The second-order valence-corrected chi connectivity index (χ2v) is 3.56. The summed E-state index contributed by atoms with van der Waals surface area (Å²) in [6.07, 6.45) is 2.57. The molecule has 2 unspecified atom stereocenters. The summed E-state index contributed by atoms with van der Waals surface area (Å²) in [6.45, 7) is 2.67. The van der Waals surface area contributed by atoms with Crippen LogP contribution in [0, 0.1) is 0 Å². The molecule has 0 saturated carbocycles. The molecule has 1 heterocycles. The Labute approximate surface area is 89.9 Å². The van der Waals surface area contributed by atoms with Gasteiger partial charge in [-0.25, -0.2) is 0 Å². The van der Waals surface area contributed by atoms with Crippen molar-refractivity contribution in [1.82, 2.24) is 5.32 Å². The average molecular weight is 213 g/mol. The quantitative estimate of drug-likeness (QED) is 0.633. The lowest BCUT2D eigenvalue weighted by Crippen LogP contribution is -2.32. The fourth-order valence-electron chi connectivity index (χ4n) is 1.47. The molecule has 1 rings (SSSR count). The zero-order valence-electron chi connectivity index (χ0n) is 9.02. The smallest absolute Gasteiger partial charge is 0.133 e. The van der Waals surface area contributed by atoms with E-state index in [1.807, 2.05) is 6.92 Å². The van der Waals surface area contributed by atoms with Gasteiger partial charge in [0.05, 0.1) is 6.26 Å². The van der Waals surface area contributed by atoms with Gasteiger partial charge in [0.15, 0.2) is 0 Å². The zero-order valence-corrected chi connectivity index (χ0v) is 9.02. The molecule has 0 amide bonds. The van der Waals surface area contributed by atoms with E-state index in [-0.39, 0.29) is 12.6 Å². The van der Waals surface area contributed by atoms with Gasteiger partial charge in [0.25, 0.3) is 0 Å². The third-order valence-corrected chi connectivity index (χ3v) is 2.44. The van der Waals surface area contributed by atoms with Crippen LogP contribution in [0.4, 0.5) is 0 Å². The van der Waals surface area contributed by atoms with E-state index in [1.54, 1.807) is 18.4 Å². The van der Waals surface area contributed by atoms with Gasteiger partial charge in [0.1, 0.15) is 11.9 Å². The van der Waals surface area contributed by atoms with Gasteiger partial charge in [-0.3, -0.25) is 0 Å². The Morgan fingerprint density at radius 3 is 2.87 bits per heavy atom. The van der Waals surface area contributed by atoms with Crippen molar-refractivity contribution in [3.05, 3.63) is 24.2 Å². The van der Waals surface area contributed by atoms with Gasteiger partial charge in [-0.2, -0.15) is 0 Å². The van der Waals surface area contributed by atoms with Crippen LogP contribution in [0.15, 0.2) is 22.8 Å². The summed E-state index contributed by atoms with van der Waals surface area (Å²) >= 11 is 0. The highest BCUT2D eigenvalue weighted by Crippen LogP contribution is 2.12. The maximum atomic E-state index is 9.70. The van der Waals surface area contributed by atoms with Crippen molar-refractivity contribution in [2.45, 2.75) is 31.9 Å². The van der Waals surface area contributed by atoms with Gasteiger partial charge in [-0.1, -0.05) is 6.92 Å². The van der Waals surface area contributed by atoms with Crippen LogP contribution in [0.2, 0.25) is 0 Å². The Balaban J connectivity index is 2.29. The molecule has 1 aromatic heterocycles. The molecule has 0 aromatic carbocycles. The molecule has 0 aliphatic heterocycles. The molecule has 0 radical (unpaired) electrons. The minimum atomic E-state index is -0.618. The second kappa shape index (κ2) is 6.61. The monoisotopic (exact) mass is 213 g/mol. The van der Waals surface area contributed by atoms with Crippen LogP contribution < -0.4 is 5.32 Å². The van der Waals surface area contributed by atoms with Gasteiger partial charge < -0.3 is 19.9 Å². The summed E-state index contributed by atoms with van der Waals surface area (Å²) in [5, 5.41) is 21.7. The number of rotatable bonds is 7. The Morgan fingerprint density at radius 2 is 2.33 bits per heavy atom. The first kappa shape index (κ1) is 12.2. The summed E-state index contributed by atoms with van der Waals surface area (Å²) in [5.74, 6) is 0.571. The third-order valence-electron chi connectivity index (χ3n) is 2.44. The minimum Gasteiger partial charge on any atom is -0.467 e. The lowest BCUT2D eigenvalue weighted by Gasteiger charge is -2.17. The lowest BCUT2D eigenvalue weighted by molar-refractivity contribution is 0.140. The minimum absolute atomic E-state index is 0.169. The predicted molar refractivity (Wildman–Crippen MR) is 57.5 cm³/mol. The van der Waals surface area contributed by atoms with Crippen molar-refractivity contribution in [1.29, 1.82) is 0 Å². The highest BCUT2D eigenvalue weighted by Gasteiger charge is 2.12. The number of hydrogen-bond donors (Lipinski definition) is 3. The number of furan rings is 1. The van der Waals surface area contributed by atoms with Crippen LogP contribution >= 0.6 is 0 Å². The van der Waals surface area contributed by atoms with Crippen molar-refractivity contribution >= 4 is 0 Å². The molecule has 0 aliphatic carbocycles. The summed E-state index contributed by atoms with van der Waals surface area (Å²) in [6, 6.07) is 3.75. The Hall–Kier alpha value is -0.840. The van der Waals surface area contributed by atoms with E-state index >= 15 is 0 Å². The van der Waals surface area contributed by atoms with Crippen LogP contribution in [0.1, 0.15) is 31.6 Å². The van der Waals surface area contributed by atoms with E-state index in [4.69, 9.17) is 9.52 Å². The number of aliphatic hydroxyl groups excluding tert-OH is 2. The zero-order chi connectivity index (χ0) is 11.1. The number of aliphatic hydroxyl groups is 2. The van der Waals surface area contributed by atoms with Crippen molar-refractivity contribution in [3.8, 4) is 0 Å². The highest BCUT2D eigenvalue weighted by molar-refractivity contribution is 5.02. The fraction of sp³-hybridized carbons (Fsp3) is 0.636. The summed E-state index contributed by atoms with van der Waals surface area (Å²) < 4.78 is 5.08. The molecule has 0 spiro atoms. The van der Waals surface area contributed by atoms with Crippen molar-refractivity contribution < 1.29 is 14.6 Å². The maximum Gasteiger partial charge on any atom is 0.133 e. The van der Waals surface area contributed by atoms with Gasteiger partial charge in [0, 0.05) is 19.2 Å². The second-order valence-electron chi connectivity index (χ2n) is 3.56. The van der Waals surface area contributed by atoms with Gasteiger partial charge in [-0.05, 0) is 25.0 Å². The van der Waals surface area contributed by atoms with E-state index in [2.05, 4.69) is 5.32 Å². The molecule has 2 atom stereocenters. The lowest BCUT2D eigenvalue weighted by atomic mass is 10.1. The molecule has 4 nitrogen and oxygen atoms in total. The van der Waals surface area contributed by atoms with Crippen LogP contribution in [0.25, 0.3) is 0 Å². The van der Waals surface area contributed by atoms with Crippen molar-refractivity contribution in [3.63, 3.8) is 0 Å². The van der Waals surface area contributed by atoms with E-state index < -0.39 is 6.10 Å². The van der Waals surface area contributed by atoms with E-state index in [9.17, 15) is 5.11 Å². The molecular formula is C11H19NO3. The fourth-order valence-corrected chi connectivity index (χ4v) is 1.47. The van der Waals surface area contributed by atoms with Crippen LogP contribution in [0.3, 0.4) is 0 Å². The topological polar surface area (TPSA) is 65.6 Å². The SMILES string of the molecule is CCC(CCO)NCC(O)c1ccco1. The largest absolute Gasteiger partial charge is 0.467 e. The molecule has 0 saturated heterocycles. The molecule has 0 fully saturated rings. The first-order valence-corrected chi connectivity index (χ1v) is 5.33. The molecule has 15 heavy (non-hydrogen) atoms. The Kier molecular flexibility index (Phi) is 5.39. The Bertz CT molecular complexity index is 248. The van der Waals surface area contributed by atoms with E-state index in [0.717, 1.165) is 6.42 Å². The average Bonchev–Trinajstić information content (AvgIpc) is 2.77. The predicted octanol–water partition coefficient (Wildman–Crippen LogP) is 1.06. The van der Waals surface area contributed by atoms with Crippen molar-refractivity contribution in [2.24, 2.45) is 0 Å². The Morgan fingerprint density at radius 1 is 1.53 bits per heavy atom. The third kappa shape index (κ3) is 4.03. The van der Waals surface area contributed by atoms with Crippen LogP contribution in [0.5, 0.6) is 0 Å². The molecule has 4 heteroatoms. The van der Waals surface area contributed by atoms with Crippen LogP contribution in [-0.4, -0.2) is 29.4 Å². The van der Waals surface area contributed by atoms with E-state index in [0.29, 0.717) is 18.7 Å². The molecule has 3 N–H and O–H groups in total. The molecule has 0 aliphatic rings. The van der Waals surface area contributed by atoms with Gasteiger partial charge in [-0.15, -0.1) is 0 Å². The summed E-state index contributed by atoms with van der Waals surface area (Å²) in [4.78, 5) is 0. The molecule has 86 valence electrons. The maximum absolute atomic E-state index is 9.70. The molecular weight excluding hydrogens is 194 g/mol. The van der Waals surface area contributed by atoms with E-state index in [1.165, 1.54) is 0 Å². The number of nitrogens with one attached hydrogen (secondary N) is 1. The summed E-state index contributed by atoms with van der Waals surface area (Å²) in [7, 11) is 0.